The van der Waals surface area contributed by atoms with E-state index in [4.69, 9.17) is 14.2 Å². The lowest BCUT2D eigenvalue weighted by molar-refractivity contribution is -0.167. The lowest BCUT2D eigenvalue weighted by atomic mass is 10.1. The Kier molecular flexibility index (Phi) is 62.0. The fourth-order valence-corrected chi connectivity index (χ4v) is 7.92. The monoisotopic (exact) mass is 1110 g/mol. The molecule has 0 aliphatic rings. The molecule has 1 unspecified atom stereocenters. The van der Waals surface area contributed by atoms with Crippen molar-refractivity contribution in [3.63, 3.8) is 0 Å². The largest absolute Gasteiger partial charge is 0.462 e. The van der Waals surface area contributed by atoms with Crippen molar-refractivity contribution < 1.29 is 28.6 Å². The van der Waals surface area contributed by atoms with Crippen molar-refractivity contribution in [2.45, 2.75) is 245 Å². The minimum atomic E-state index is -0.840. The molecule has 1 atom stereocenters. The van der Waals surface area contributed by atoms with Crippen LogP contribution in [0.2, 0.25) is 0 Å². The first-order valence-corrected chi connectivity index (χ1v) is 31.9. The summed E-state index contributed by atoms with van der Waals surface area (Å²) in [6.07, 6.45) is 102. The first-order chi connectivity index (χ1) is 40.0. The topological polar surface area (TPSA) is 78.9 Å². The highest BCUT2D eigenvalue weighted by atomic mass is 16.6. The molecule has 0 heterocycles. The van der Waals surface area contributed by atoms with Crippen molar-refractivity contribution in [1.29, 1.82) is 0 Å². The zero-order valence-corrected chi connectivity index (χ0v) is 51.5. The summed E-state index contributed by atoms with van der Waals surface area (Å²) < 4.78 is 16.8. The molecule has 81 heavy (non-hydrogen) atoms. The molecule has 6 nitrogen and oxygen atoms in total. The summed E-state index contributed by atoms with van der Waals surface area (Å²) in [6.45, 7) is 6.19. The van der Waals surface area contributed by atoms with Gasteiger partial charge in [-0.15, -0.1) is 0 Å². The van der Waals surface area contributed by atoms with Crippen LogP contribution in [0, 0.1) is 0 Å². The first kappa shape index (κ1) is 75.2. The number of carbonyl (C=O) groups excluding carboxylic acids is 3. The maximum absolute atomic E-state index is 12.9. The molecule has 0 radical (unpaired) electrons. The SMILES string of the molecule is CC/C=C\C/C=C\C/C=C\C/C=C\C/C=C\C/C=C\C/C=C\CCCCCCCCCCCC(=O)OCC(COC(=O)CCCC/C=C\C/C=C\C/C=C\C/C=C\CC)OC(=O)CCC/C=C\C/C=C\C/C=C\C/C=C\C/C=C\CC. The van der Waals surface area contributed by atoms with Crippen LogP contribution in [0.25, 0.3) is 0 Å². The third-order valence-electron chi connectivity index (χ3n) is 12.6. The number of hydrogen-bond acceptors (Lipinski definition) is 6. The van der Waals surface area contributed by atoms with Crippen molar-refractivity contribution in [2.24, 2.45) is 0 Å². The van der Waals surface area contributed by atoms with Crippen LogP contribution in [0.15, 0.2) is 194 Å². The molecule has 0 aromatic carbocycles. The molecule has 0 N–H and O–H groups in total. The lowest BCUT2D eigenvalue weighted by Gasteiger charge is -2.18. The summed E-state index contributed by atoms with van der Waals surface area (Å²) in [5.41, 5.74) is 0. The highest BCUT2D eigenvalue weighted by molar-refractivity contribution is 5.71. The Labute approximate surface area is 497 Å². The molecule has 6 heteroatoms. The quantitative estimate of drug-likeness (QED) is 0.0261. The minimum Gasteiger partial charge on any atom is -0.462 e. The molecule has 0 aliphatic heterocycles. The minimum absolute atomic E-state index is 0.127. The van der Waals surface area contributed by atoms with Gasteiger partial charge in [0.05, 0.1) is 0 Å². The van der Waals surface area contributed by atoms with E-state index in [9.17, 15) is 14.4 Å². The molecule has 0 aliphatic carbocycles. The van der Waals surface area contributed by atoms with Crippen molar-refractivity contribution >= 4 is 17.9 Å². The second-order valence-corrected chi connectivity index (χ2v) is 20.2. The van der Waals surface area contributed by atoms with E-state index in [-0.39, 0.29) is 44.0 Å². The molecule has 0 aromatic heterocycles. The Morgan fingerprint density at radius 3 is 0.753 bits per heavy atom. The molecular formula is C75H114O6. The van der Waals surface area contributed by atoms with Gasteiger partial charge in [0, 0.05) is 19.3 Å². The Morgan fingerprint density at radius 1 is 0.247 bits per heavy atom. The second kappa shape index (κ2) is 66.8. The maximum Gasteiger partial charge on any atom is 0.306 e. The van der Waals surface area contributed by atoms with Gasteiger partial charge in [-0.2, -0.15) is 0 Å². The summed E-state index contributed by atoms with van der Waals surface area (Å²) >= 11 is 0. The Bertz CT molecular complexity index is 1950. The van der Waals surface area contributed by atoms with Gasteiger partial charge >= 0.3 is 17.9 Å². The third kappa shape index (κ3) is 64.9. The number of ether oxygens (including phenoxy) is 3. The highest BCUT2D eigenvalue weighted by Gasteiger charge is 2.19. The van der Waals surface area contributed by atoms with Crippen LogP contribution >= 0.6 is 0 Å². The van der Waals surface area contributed by atoms with Crippen LogP contribution in [0.4, 0.5) is 0 Å². The van der Waals surface area contributed by atoms with Crippen LogP contribution in [0.5, 0.6) is 0 Å². The molecule has 0 saturated heterocycles. The van der Waals surface area contributed by atoms with Crippen LogP contribution in [-0.4, -0.2) is 37.2 Å². The average molecular weight is 1110 g/mol. The molecule has 0 fully saturated rings. The normalized spacial score (nSPS) is 13.5. The van der Waals surface area contributed by atoms with E-state index in [0.29, 0.717) is 19.3 Å². The predicted octanol–water partition coefficient (Wildman–Crippen LogP) is 22.2. The van der Waals surface area contributed by atoms with E-state index >= 15 is 0 Å². The molecule has 0 spiro atoms. The second-order valence-electron chi connectivity index (χ2n) is 20.2. The van der Waals surface area contributed by atoms with Gasteiger partial charge in [-0.25, -0.2) is 0 Å². The van der Waals surface area contributed by atoms with Crippen molar-refractivity contribution in [2.75, 3.05) is 13.2 Å². The van der Waals surface area contributed by atoms with Crippen LogP contribution in [0.1, 0.15) is 239 Å². The molecule has 0 bridgehead atoms. The predicted molar refractivity (Wildman–Crippen MR) is 352 cm³/mol. The molecule has 0 saturated carbocycles. The van der Waals surface area contributed by atoms with E-state index in [2.05, 4.69) is 215 Å². The van der Waals surface area contributed by atoms with E-state index in [1.807, 2.05) is 0 Å². The van der Waals surface area contributed by atoms with Gasteiger partial charge in [0.2, 0.25) is 0 Å². The zero-order valence-electron chi connectivity index (χ0n) is 51.5. The van der Waals surface area contributed by atoms with Gasteiger partial charge in [0.15, 0.2) is 6.10 Å². The van der Waals surface area contributed by atoms with E-state index in [0.717, 1.165) is 148 Å². The van der Waals surface area contributed by atoms with Crippen molar-refractivity contribution in [3.8, 4) is 0 Å². The summed E-state index contributed by atoms with van der Waals surface area (Å²) in [4.78, 5) is 38.3. The highest BCUT2D eigenvalue weighted by Crippen LogP contribution is 2.13. The summed E-state index contributed by atoms with van der Waals surface area (Å²) in [5.74, 6) is -1.05. The van der Waals surface area contributed by atoms with Crippen LogP contribution < -0.4 is 0 Å². The number of esters is 3. The third-order valence-corrected chi connectivity index (χ3v) is 12.6. The van der Waals surface area contributed by atoms with E-state index in [1.54, 1.807) is 0 Å². The molecule has 450 valence electrons. The molecule has 0 amide bonds. The van der Waals surface area contributed by atoms with Gasteiger partial charge in [0.1, 0.15) is 13.2 Å². The Balaban J connectivity index is 4.44. The van der Waals surface area contributed by atoms with E-state index < -0.39 is 6.10 Å². The van der Waals surface area contributed by atoms with Crippen LogP contribution in [0.3, 0.4) is 0 Å². The van der Waals surface area contributed by atoms with Crippen molar-refractivity contribution in [1.82, 2.24) is 0 Å². The molecule has 0 aromatic rings. The average Bonchev–Trinajstić information content (AvgIpc) is 3.47. The van der Waals surface area contributed by atoms with Gasteiger partial charge in [-0.1, -0.05) is 260 Å². The number of carbonyl (C=O) groups is 3. The number of unbranched alkanes of at least 4 members (excludes halogenated alkanes) is 12. The van der Waals surface area contributed by atoms with Gasteiger partial charge in [0.25, 0.3) is 0 Å². The summed E-state index contributed by atoms with van der Waals surface area (Å²) in [6, 6.07) is 0. The van der Waals surface area contributed by atoms with Gasteiger partial charge in [-0.05, 0) is 154 Å². The Morgan fingerprint density at radius 2 is 0.457 bits per heavy atom. The van der Waals surface area contributed by atoms with Crippen LogP contribution in [-0.2, 0) is 28.6 Å². The maximum atomic E-state index is 12.9. The Hall–Kier alpha value is -5.75. The van der Waals surface area contributed by atoms with Gasteiger partial charge < -0.3 is 14.2 Å². The lowest BCUT2D eigenvalue weighted by Crippen LogP contribution is -2.30. The number of hydrogen-bond donors (Lipinski definition) is 0. The summed E-state index contributed by atoms with van der Waals surface area (Å²) in [5, 5.41) is 0. The number of rotatable bonds is 55. The number of allylic oxidation sites excluding steroid dienone is 32. The zero-order chi connectivity index (χ0) is 58.5. The fraction of sp³-hybridized carbons (Fsp3) is 0.533. The summed E-state index contributed by atoms with van der Waals surface area (Å²) in [7, 11) is 0. The molecule has 0 rings (SSSR count). The smallest absolute Gasteiger partial charge is 0.306 e. The molecular weight excluding hydrogens is 997 g/mol. The van der Waals surface area contributed by atoms with Gasteiger partial charge in [-0.3, -0.25) is 14.4 Å². The standard InChI is InChI=1S/C75H114O6/c1-4-7-10-13-16-19-22-25-28-30-31-32-33-34-35-36-37-38-39-40-41-42-43-45-47-50-53-56-59-62-65-68-74(77)80-71-72(70-79-73(76)67-64-61-58-55-52-49-46-27-24-21-18-15-12-9-6-3)81-75(78)69-66-63-60-57-54-51-48-44-29-26-23-20-17-14-11-8-5-2/h7-12,16-21,25-29,31-32,34-35,37-38,40-41,46,48,51-52,55,57,60,72H,4-6,13-15,22-24,30,33,36,39,42-45,47,49-50,53-54,56,58-59,61-71H2,1-3H3/b10-7-,11-8-,12-9-,19-16-,20-17-,21-18-,28-25-,29-26-,32-31-,35-34-,38-37-,41-40-,46-27-,51-48-,55-52-,60-57-. The first-order valence-electron chi connectivity index (χ1n) is 31.9. The van der Waals surface area contributed by atoms with E-state index in [1.165, 1.54) is 38.5 Å². The fourth-order valence-electron chi connectivity index (χ4n) is 7.92. The van der Waals surface area contributed by atoms with Crippen molar-refractivity contribution in [3.05, 3.63) is 194 Å².